The molecule has 0 atom stereocenters. The zero-order chi connectivity index (χ0) is 23.2. The Kier molecular flexibility index (Phi) is 7.23. The minimum Gasteiger partial charge on any atom is -0.488 e. The smallest absolute Gasteiger partial charge is 0.296 e. The Morgan fingerprint density at radius 1 is 1.18 bits per heavy atom. The van der Waals surface area contributed by atoms with Crippen LogP contribution in [0.4, 0.5) is 17.8 Å². The van der Waals surface area contributed by atoms with Gasteiger partial charge in [0.2, 0.25) is 17.7 Å². The fourth-order valence-corrected chi connectivity index (χ4v) is 3.89. The van der Waals surface area contributed by atoms with Crippen molar-refractivity contribution in [1.82, 2.24) is 25.2 Å². The number of likely N-dealkylation sites (N-methyl/N-ethyl adjacent to an activating group) is 1. The molecule has 176 valence electrons. The first-order valence-corrected chi connectivity index (χ1v) is 11.3. The highest BCUT2D eigenvalue weighted by atomic mass is 16.5. The third-order valence-corrected chi connectivity index (χ3v) is 5.53. The van der Waals surface area contributed by atoms with Gasteiger partial charge in [-0.2, -0.15) is 4.98 Å². The number of oxazole rings is 1. The zero-order valence-corrected chi connectivity index (χ0v) is 19.3. The monoisotopic (exact) mass is 453 g/mol. The van der Waals surface area contributed by atoms with Gasteiger partial charge < -0.3 is 24.7 Å². The lowest BCUT2D eigenvalue weighted by atomic mass is 9.93. The second-order valence-corrected chi connectivity index (χ2v) is 8.56. The lowest BCUT2D eigenvalue weighted by Gasteiger charge is -2.29. The number of amides is 1. The molecule has 0 spiro atoms. The number of ether oxygens (including phenoxy) is 1. The maximum Gasteiger partial charge on any atom is 0.296 e. The largest absolute Gasteiger partial charge is 0.488 e. The third kappa shape index (κ3) is 6.32. The molecule has 0 radical (unpaired) electrons. The van der Waals surface area contributed by atoms with Crippen molar-refractivity contribution < 1.29 is 13.9 Å². The first-order chi connectivity index (χ1) is 16.0. The molecule has 2 aromatic heterocycles. The van der Waals surface area contributed by atoms with E-state index in [1.807, 2.05) is 32.3 Å². The fraction of sp³-hybridized carbons (Fsp3) is 0.478. The van der Waals surface area contributed by atoms with Gasteiger partial charge in [0.25, 0.3) is 6.01 Å². The van der Waals surface area contributed by atoms with Gasteiger partial charge in [0, 0.05) is 37.6 Å². The van der Waals surface area contributed by atoms with Crippen molar-refractivity contribution in [3.05, 3.63) is 30.6 Å². The summed E-state index contributed by atoms with van der Waals surface area (Å²) in [6, 6.07) is 6.51. The second kappa shape index (κ2) is 10.5. The molecule has 10 heteroatoms. The Labute approximate surface area is 193 Å². The number of hydrogen-bond donors (Lipinski definition) is 3. The van der Waals surface area contributed by atoms with E-state index in [0.29, 0.717) is 17.8 Å². The van der Waals surface area contributed by atoms with Gasteiger partial charge in [-0.05, 0) is 45.8 Å². The van der Waals surface area contributed by atoms with Crippen LogP contribution in [0.25, 0.3) is 10.9 Å². The number of benzene rings is 1. The molecular formula is C23H31N7O3. The molecule has 1 aliphatic rings. The number of aromatic nitrogens is 3. The van der Waals surface area contributed by atoms with Gasteiger partial charge in [0.05, 0.1) is 12.3 Å². The number of hydrogen-bond acceptors (Lipinski definition) is 9. The average molecular weight is 454 g/mol. The SMILES string of the molecule is CC(=O)NC1CCC(Oc2cccc3cnc(Nc4cnc(NCCN(C)C)o4)nc23)CC1. The van der Waals surface area contributed by atoms with Crippen LogP contribution >= 0.6 is 0 Å². The molecule has 2 heterocycles. The van der Waals surface area contributed by atoms with Crippen molar-refractivity contribution in [3.8, 4) is 5.75 Å². The molecule has 0 aliphatic heterocycles. The highest BCUT2D eigenvalue weighted by Crippen LogP contribution is 2.29. The molecule has 1 aliphatic carbocycles. The Hall–Kier alpha value is -3.40. The Balaban J connectivity index is 1.41. The Bertz CT molecular complexity index is 1080. The van der Waals surface area contributed by atoms with E-state index < -0.39 is 0 Å². The number of fused-ring (bicyclic) bond motifs is 1. The molecule has 10 nitrogen and oxygen atoms in total. The standard InChI is InChI=1S/C23H31N7O3/c1-15(31)27-17-7-9-18(10-8-17)32-19-6-4-5-16-13-25-22(29-21(16)19)28-20-14-26-23(33-20)24-11-12-30(2)3/h4-6,13-14,17-18H,7-12H2,1-3H3,(H,24,26)(H,27,31)(H,25,28,29). The molecule has 3 aromatic rings. The van der Waals surface area contributed by atoms with E-state index >= 15 is 0 Å². The maximum absolute atomic E-state index is 11.3. The number of nitrogens with one attached hydrogen (secondary N) is 3. The van der Waals surface area contributed by atoms with Crippen LogP contribution in [0.15, 0.2) is 35.0 Å². The lowest BCUT2D eigenvalue weighted by Crippen LogP contribution is -2.38. The summed E-state index contributed by atoms with van der Waals surface area (Å²) in [5.74, 6) is 1.61. The molecule has 0 bridgehead atoms. The summed E-state index contributed by atoms with van der Waals surface area (Å²) in [7, 11) is 4.02. The summed E-state index contributed by atoms with van der Waals surface area (Å²) >= 11 is 0. The highest BCUT2D eigenvalue weighted by molar-refractivity contribution is 5.84. The minimum atomic E-state index is 0.0216. The van der Waals surface area contributed by atoms with E-state index in [1.54, 1.807) is 19.3 Å². The summed E-state index contributed by atoms with van der Waals surface area (Å²) in [5.41, 5.74) is 0.739. The molecular weight excluding hydrogens is 422 g/mol. The molecule has 1 fully saturated rings. The van der Waals surface area contributed by atoms with Gasteiger partial charge in [-0.1, -0.05) is 12.1 Å². The van der Waals surface area contributed by atoms with E-state index in [9.17, 15) is 4.79 Å². The van der Waals surface area contributed by atoms with Crippen molar-refractivity contribution >= 4 is 34.7 Å². The van der Waals surface area contributed by atoms with Gasteiger partial charge in [-0.15, -0.1) is 0 Å². The summed E-state index contributed by atoms with van der Waals surface area (Å²) in [4.78, 5) is 26.6. The normalized spacial score (nSPS) is 18.3. The Morgan fingerprint density at radius 2 is 2.00 bits per heavy atom. The van der Waals surface area contributed by atoms with Gasteiger partial charge in [-0.25, -0.2) is 9.97 Å². The third-order valence-electron chi connectivity index (χ3n) is 5.53. The van der Waals surface area contributed by atoms with Crippen LogP contribution in [0.5, 0.6) is 5.75 Å². The van der Waals surface area contributed by atoms with Crippen LogP contribution in [0.1, 0.15) is 32.6 Å². The van der Waals surface area contributed by atoms with E-state index in [1.165, 1.54) is 0 Å². The van der Waals surface area contributed by atoms with Crippen molar-refractivity contribution in [3.63, 3.8) is 0 Å². The van der Waals surface area contributed by atoms with Crippen LogP contribution in [0.3, 0.4) is 0 Å². The van der Waals surface area contributed by atoms with E-state index in [0.717, 1.165) is 55.4 Å². The molecule has 0 saturated heterocycles. The molecule has 1 saturated carbocycles. The number of carbonyl (C=O) groups excluding carboxylic acids is 1. The zero-order valence-electron chi connectivity index (χ0n) is 19.3. The first-order valence-electron chi connectivity index (χ1n) is 11.3. The Morgan fingerprint density at radius 3 is 2.76 bits per heavy atom. The average Bonchev–Trinajstić information content (AvgIpc) is 3.22. The van der Waals surface area contributed by atoms with E-state index in [4.69, 9.17) is 9.15 Å². The highest BCUT2D eigenvalue weighted by Gasteiger charge is 2.23. The lowest BCUT2D eigenvalue weighted by molar-refractivity contribution is -0.120. The number of anilines is 3. The van der Waals surface area contributed by atoms with Gasteiger partial charge >= 0.3 is 0 Å². The van der Waals surface area contributed by atoms with Crippen LogP contribution < -0.4 is 20.7 Å². The van der Waals surface area contributed by atoms with Crippen LogP contribution in [-0.2, 0) is 4.79 Å². The number of para-hydroxylation sites is 1. The van der Waals surface area contributed by atoms with Crippen LogP contribution in [-0.4, -0.2) is 65.1 Å². The summed E-state index contributed by atoms with van der Waals surface area (Å²) in [6.45, 7) is 3.16. The first kappa shape index (κ1) is 22.8. The molecule has 3 N–H and O–H groups in total. The molecule has 0 unspecified atom stereocenters. The van der Waals surface area contributed by atoms with Crippen molar-refractivity contribution in [2.24, 2.45) is 0 Å². The molecule has 4 rings (SSSR count). The summed E-state index contributed by atoms with van der Waals surface area (Å²) in [6.07, 6.45) is 7.05. The quantitative estimate of drug-likeness (QED) is 0.449. The van der Waals surface area contributed by atoms with Gasteiger partial charge in [0.1, 0.15) is 11.3 Å². The summed E-state index contributed by atoms with van der Waals surface area (Å²) < 4.78 is 12.0. The second-order valence-electron chi connectivity index (χ2n) is 8.56. The van der Waals surface area contributed by atoms with Crippen LogP contribution in [0, 0.1) is 0 Å². The molecule has 33 heavy (non-hydrogen) atoms. The van der Waals surface area contributed by atoms with E-state index in [2.05, 4.69) is 35.8 Å². The minimum absolute atomic E-state index is 0.0216. The van der Waals surface area contributed by atoms with Gasteiger partial charge in [-0.3, -0.25) is 10.1 Å². The molecule has 1 amide bonds. The van der Waals surface area contributed by atoms with Crippen molar-refractivity contribution in [2.45, 2.75) is 44.8 Å². The summed E-state index contributed by atoms with van der Waals surface area (Å²) in [5, 5.41) is 10.1. The fourth-order valence-electron chi connectivity index (χ4n) is 3.89. The van der Waals surface area contributed by atoms with Crippen molar-refractivity contribution in [1.29, 1.82) is 0 Å². The predicted octanol–water partition coefficient (Wildman–Crippen LogP) is 3.16. The number of nitrogens with zero attached hydrogens (tertiary/aromatic N) is 4. The van der Waals surface area contributed by atoms with Crippen LogP contribution in [0.2, 0.25) is 0 Å². The number of rotatable bonds is 9. The predicted molar refractivity (Wildman–Crippen MR) is 127 cm³/mol. The van der Waals surface area contributed by atoms with Gasteiger partial charge in [0.15, 0.2) is 0 Å². The topological polar surface area (TPSA) is 117 Å². The number of carbonyl (C=O) groups is 1. The maximum atomic E-state index is 11.3. The molecule has 1 aromatic carbocycles. The van der Waals surface area contributed by atoms with E-state index in [-0.39, 0.29) is 18.1 Å². The van der Waals surface area contributed by atoms with Crippen molar-refractivity contribution in [2.75, 3.05) is 37.8 Å².